The number of anilines is 2. The highest BCUT2D eigenvalue weighted by Gasteiger charge is 2.52. The second kappa shape index (κ2) is 13.5. The number of nitrogens with two attached hydrogens (primary N) is 2. The molecular weight excluding hydrogens is 716 g/mol. The summed E-state index contributed by atoms with van der Waals surface area (Å²) < 4.78 is 91.1. The molecule has 2 aliphatic heterocycles. The minimum atomic E-state index is -4.51. The summed E-state index contributed by atoms with van der Waals surface area (Å²) in [6.07, 6.45) is -10.7. The summed E-state index contributed by atoms with van der Waals surface area (Å²) >= 11 is 7.93. The number of rotatable bonds is 12. The van der Waals surface area contributed by atoms with Crippen molar-refractivity contribution in [2.45, 2.75) is 49.2 Å². The molecule has 4 aromatic rings. The van der Waals surface area contributed by atoms with Crippen molar-refractivity contribution in [2.24, 2.45) is 0 Å². The lowest BCUT2D eigenvalue weighted by Crippen LogP contribution is -2.34. The molecule has 20 nitrogen and oxygen atoms in total. The highest BCUT2D eigenvalue weighted by atomic mass is 32.7. The van der Waals surface area contributed by atoms with E-state index in [2.05, 4.69) is 54.8 Å². The number of nitrogens with one attached hydrogen (secondary N) is 2. The Kier molecular flexibility index (Phi) is 9.69. The Morgan fingerprint density at radius 3 is 1.96 bits per heavy atom. The lowest BCUT2D eigenvalue weighted by molar-refractivity contribution is -0.0566. The molecule has 0 radical (unpaired) electrons. The molecule has 47 heavy (non-hydrogen) atoms. The summed E-state index contributed by atoms with van der Waals surface area (Å²) in [5.74, 6) is -0.609. The second-order valence-electron chi connectivity index (χ2n) is 10.0. The van der Waals surface area contributed by atoms with Crippen LogP contribution < -0.4 is 22.6 Å². The largest absolute Gasteiger partial charge is 0.386 e. The zero-order valence-corrected chi connectivity index (χ0v) is 26.9. The van der Waals surface area contributed by atoms with Gasteiger partial charge in [0, 0.05) is 0 Å². The number of nitrogen functional groups attached to an aromatic ring is 2. The van der Waals surface area contributed by atoms with E-state index in [1.807, 2.05) is 0 Å². The average molecular weight is 741 g/mol. The van der Waals surface area contributed by atoms with E-state index in [1.54, 1.807) is 0 Å². The number of thiol groups is 2. The Labute approximate surface area is 272 Å². The molecule has 2 saturated heterocycles. The minimum absolute atomic E-state index is 0.0849. The monoisotopic (exact) mass is 740 g/mol. The standard InChI is InChI=1S/C21H24F2N10O10P2S2/c22-8-12(42-44-36)7(41-18(8)32-3-26-10-14(32)28-20(24)30-16(10)34)2-39-45(37,47)43-13-6(1-38-5-46)40-19(9(13)23)33-4-27-11-15(33)29-21(25)31-17(11)35/h3-4,6-9,12-13,18-19,46H,1-2,5H2,(H,37,47)(H3,24,28,30,34)(H3,25,29,31,35)/t6-,7-,8-,9-,12-,13-,18-,19-,45-/m1/s1. The first-order valence-corrected chi connectivity index (χ1v) is 17.3. The molecule has 9 atom stereocenters. The van der Waals surface area contributed by atoms with Gasteiger partial charge in [-0.3, -0.25) is 42.3 Å². The summed E-state index contributed by atoms with van der Waals surface area (Å²) in [7, 11) is -0.916. The van der Waals surface area contributed by atoms with E-state index in [0.29, 0.717) is 0 Å². The summed E-state index contributed by atoms with van der Waals surface area (Å²) in [5.41, 5.74) is 9.39. The molecule has 26 heteroatoms. The van der Waals surface area contributed by atoms with Crippen LogP contribution in [0.3, 0.4) is 0 Å². The molecule has 0 bridgehead atoms. The van der Waals surface area contributed by atoms with Gasteiger partial charge < -0.3 is 25.7 Å². The SMILES string of the molecule is Nc1nc2c(ncn2[C@@H]2O[C@H](CO[P@@](=O)(S)O[C@H]3[C@@H](F)[C@H](n4cnc5c(=O)[nH]c(N)nc54)O[C@@H]3COCS)[C@@H](OP=O)[C@H]2F)c(=O)[nH]1. The average Bonchev–Trinajstić information content (AvgIpc) is 3.77. The van der Waals surface area contributed by atoms with Crippen molar-refractivity contribution in [3.63, 3.8) is 0 Å². The fourth-order valence-electron chi connectivity index (χ4n) is 5.19. The van der Waals surface area contributed by atoms with Gasteiger partial charge in [-0.05, 0) is 0 Å². The Hall–Kier alpha value is -3.05. The van der Waals surface area contributed by atoms with Crippen LogP contribution in [0.4, 0.5) is 20.7 Å². The molecule has 2 aliphatic rings. The molecule has 0 unspecified atom stereocenters. The number of hydrogen-bond donors (Lipinski definition) is 6. The van der Waals surface area contributed by atoms with Crippen LogP contribution in [0.25, 0.3) is 22.3 Å². The van der Waals surface area contributed by atoms with Gasteiger partial charge in [0.2, 0.25) is 11.9 Å². The first-order chi connectivity index (χ1) is 22.4. The molecule has 0 aliphatic carbocycles. The summed E-state index contributed by atoms with van der Waals surface area (Å²) in [6, 6.07) is 0. The predicted octanol–water partition coefficient (Wildman–Crippen LogP) is 0.824. The van der Waals surface area contributed by atoms with Crippen molar-refractivity contribution in [1.29, 1.82) is 0 Å². The normalized spacial score (nSPS) is 29.3. The van der Waals surface area contributed by atoms with Gasteiger partial charge >= 0.3 is 15.5 Å². The number of fused-ring (bicyclic) bond motifs is 2. The van der Waals surface area contributed by atoms with Crippen molar-refractivity contribution in [3.8, 4) is 0 Å². The van der Waals surface area contributed by atoms with Gasteiger partial charge in [0.1, 0.15) is 24.4 Å². The van der Waals surface area contributed by atoms with Crippen LogP contribution in [0, 0.1) is 0 Å². The number of nitrogens with zero attached hydrogens (tertiary/aromatic N) is 6. The Bertz CT molecular complexity index is 1970. The van der Waals surface area contributed by atoms with Gasteiger partial charge in [-0.25, -0.2) is 27.9 Å². The molecule has 6 heterocycles. The number of halogens is 2. The third kappa shape index (κ3) is 6.54. The summed E-state index contributed by atoms with van der Waals surface area (Å²) in [6.45, 7) is -5.51. The molecule has 0 saturated carbocycles. The summed E-state index contributed by atoms with van der Waals surface area (Å²) in [4.78, 5) is 44.7. The maximum absolute atomic E-state index is 16.0. The Morgan fingerprint density at radius 1 is 0.936 bits per heavy atom. The molecule has 0 aromatic carbocycles. The van der Waals surface area contributed by atoms with Crippen molar-refractivity contribution >= 4 is 74.6 Å². The van der Waals surface area contributed by atoms with Crippen molar-refractivity contribution in [1.82, 2.24) is 39.0 Å². The smallest absolute Gasteiger partial charge is 0.369 e. The first kappa shape index (κ1) is 33.8. The minimum Gasteiger partial charge on any atom is -0.369 e. The lowest BCUT2D eigenvalue weighted by Gasteiger charge is -2.24. The van der Waals surface area contributed by atoms with Crippen LogP contribution in [0.15, 0.2) is 22.2 Å². The lowest BCUT2D eigenvalue weighted by atomic mass is 10.1. The fourth-order valence-corrected chi connectivity index (χ4v) is 7.12. The van der Waals surface area contributed by atoms with Crippen molar-refractivity contribution < 1.29 is 45.7 Å². The molecule has 0 spiro atoms. The third-order valence-electron chi connectivity index (χ3n) is 7.18. The van der Waals surface area contributed by atoms with Crippen LogP contribution in [-0.4, -0.2) is 94.9 Å². The topological polar surface area (TPSA) is 269 Å². The van der Waals surface area contributed by atoms with E-state index in [4.69, 9.17) is 39.2 Å². The number of aromatic amines is 2. The number of aromatic nitrogens is 8. The van der Waals surface area contributed by atoms with Crippen LogP contribution in [0.1, 0.15) is 12.5 Å². The molecule has 2 fully saturated rings. The number of H-pyrrole nitrogens is 2. The quantitative estimate of drug-likeness (QED) is 0.0667. The zero-order valence-electron chi connectivity index (χ0n) is 23.4. The number of hydrogen-bond acceptors (Lipinski definition) is 17. The van der Waals surface area contributed by atoms with E-state index in [9.17, 15) is 18.7 Å². The number of alkyl halides is 2. The Balaban J connectivity index is 1.20. The second-order valence-corrected chi connectivity index (χ2v) is 13.5. The zero-order chi connectivity index (χ0) is 33.6. The maximum atomic E-state index is 16.0. The van der Waals surface area contributed by atoms with Crippen molar-refractivity contribution in [2.75, 3.05) is 30.6 Å². The van der Waals surface area contributed by atoms with E-state index in [-0.39, 0.29) is 46.8 Å². The van der Waals surface area contributed by atoms with Crippen LogP contribution in [0.5, 0.6) is 0 Å². The highest BCUT2D eigenvalue weighted by Crippen LogP contribution is 2.57. The van der Waals surface area contributed by atoms with Gasteiger partial charge in [0.05, 0.1) is 31.8 Å². The van der Waals surface area contributed by atoms with E-state index in [0.717, 1.165) is 21.8 Å². The summed E-state index contributed by atoms with van der Waals surface area (Å²) in [5, 5.41) is 0. The number of imidazole rings is 2. The van der Waals surface area contributed by atoms with Gasteiger partial charge in [0.25, 0.3) is 11.1 Å². The molecule has 6 rings (SSSR count). The highest BCUT2D eigenvalue weighted by molar-refractivity contribution is 8.44. The molecule has 254 valence electrons. The van der Waals surface area contributed by atoms with Gasteiger partial charge in [0.15, 0.2) is 47.1 Å². The van der Waals surface area contributed by atoms with E-state index >= 15 is 8.78 Å². The maximum Gasteiger partial charge on any atom is 0.386 e. The van der Waals surface area contributed by atoms with E-state index < -0.39 is 82.4 Å². The molecular formula is C21H24F2N10O10P2S2. The number of ether oxygens (including phenoxy) is 3. The van der Waals surface area contributed by atoms with Crippen LogP contribution in [0.2, 0.25) is 0 Å². The van der Waals surface area contributed by atoms with Crippen molar-refractivity contribution in [3.05, 3.63) is 33.4 Å². The molecule has 4 aromatic heterocycles. The van der Waals surface area contributed by atoms with Gasteiger partial charge in [-0.15, -0.1) is 0 Å². The van der Waals surface area contributed by atoms with E-state index in [1.165, 1.54) is 0 Å². The Morgan fingerprint density at radius 2 is 1.45 bits per heavy atom. The predicted molar refractivity (Wildman–Crippen MR) is 162 cm³/mol. The molecule has 0 amide bonds. The van der Waals surface area contributed by atoms with Gasteiger partial charge in [-0.1, -0.05) is 12.2 Å². The molecule has 6 N–H and O–H groups in total. The van der Waals surface area contributed by atoms with Crippen LogP contribution >= 0.6 is 40.4 Å². The first-order valence-electron chi connectivity index (χ1n) is 13.3. The fraction of sp³-hybridized carbons (Fsp3) is 0.524. The third-order valence-corrected chi connectivity index (χ3v) is 9.30. The van der Waals surface area contributed by atoms with Gasteiger partial charge in [-0.2, -0.15) is 22.6 Å². The van der Waals surface area contributed by atoms with Crippen LogP contribution in [-0.2, 0) is 36.9 Å².